The first-order valence-corrected chi connectivity index (χ1v) is 7.44. The Balaban J connectivity index is 1.75. The molecule has 0 aliphatic carbocycles. The van der Waals surface area contributed by atoms with Gasteiger partial charge in [0.1, 0.15) is 6.61 Å². The van der Waals surface area contributed by atoms with E-state index in [9.17, 15) is 9.59 Å². The van der Waals surface area contributed by atoms with E-state index >= 15 is 0 Å². The van der Waals surface area contributed by atoms with E-state index in [2.05, 4.69) is 16.8 Å². The Labute approximate surface area is 130 Å². The average Bonchev–Trinajstić information content (AvgIpc) is 2.52. The molecule has 22 heavy (non-hydrogen) atoms. The molecule has 0 saturated carbocycles. The fourth-order valence-corrected chi connectivity index (χ4v) is 2.41. The lowest BCUT2D eigenvalue weighted by molar-refractivity contribution is -0.145. The van der Waals surface area contributed by atoms with E-state index in [1.54, 1.807) is 18.2 Å². The molecule has 1 aliphatic rings. The first-order valence-electron chi connectivity index (χ1n) is 7.44. The number of hydrogen-bond donors (Lipinski definition) is 1. The zero-order chi connectivity index (χ0) is 15.9. The van der Waals surface area contributed by atoms with Crippen LogP contribution in [0.1, 0.15) is 22.3 Å². The second kappa shape index (κ2) is 7.91. The van der Waals surface area contributed by atoms with Crippen LogP contribution in [0.2, 0.25) is 0 Å². The third-order valence-corrected chi connectivity index (χ3v) is 3.86. The number of hydrogen-bond acceptors (Lipinski definition) is 5. The van der Waals surface area contributed by atoms with Gasteiger partial charge in [0.15, 0.2) is 0 Å². The summed E-state index contributed by atoms with van der Waals surface area (Å²) in [4.78, 5) is 27.4. The third kappa shape index (κ3) is 4.82. The number of benzene rings is 1. The summed E-state index contributed by atoms with van der Waals surface area (Å²) in [5.41, 5.74) is 0.692. The first-order chi connectivity index (χ1) is 10.6. The van der Waals surface area contributed by atoms with Gasteiger partial charge in [-0.25, -0.2) is 4.79 Å². The average molecular weight is 306 g/mol. The van der Waals surface area contributed by atoms with Crippen LogP contribution in [0.5, 0.6) is 0 Å². The molecule has 2 rings (SSSR count). The Morgan fingerprint density at radius 1 is 1.18 bits per heavy atom. The minimum absolute atomic E-state index is 0.00401. The van der Waals surface area contributed by atoms with Gasteiger partial charge in [0.2, 0.25) is 0 Å². The van der Waals surface area contributed by atoms with Gasteiger partial charge in [-0.1, -0.05) is 18.2 Å². The van der Waals surface area contributed by atoms with Gasteiger partial charge in [-0.05, 0) is 13.1 Å². The van der Waals surface area contributed by atoms with Crippen molar-refractivity contribution >= 4 is 11.9 Å². The molecule has 0 amide bonds. The van der Waals surface area contributed by atoms with E-state index in [4.69, 9.17) is 9.84 Å². The van der Waals surface area contributed by atoms with Crippen molar-refractivity contribution in [3.63, 3.8) is 0 Å². The number of nitrogens with zero attached hydrogens (tertiary/aromatic N) is 2. The largest absolute Gasteiger partial charge is 0.478 e. The summed E-state index contributed by atoms with van der Waals surface area (Å²) >= 11 is 0. The van der Waals surface area contributed by atoms with Crippen LogP contribution in [0.3, 0.4) is 0 Å². The Morgan fingerprint density at radius 3 is 2.55 bits per heavy atom. The molecule has 1 N–H and O–H groups in total. The van der Waals surface area contributed by atoms with Crippen LogP contribution in [-0.4, -0.2) is 66.6 Å². The summed E-state index contributed by atoms with van der Waals surface area (Å²) < 4.78 is 5.19. The number of carbonyl (C=O) groups is 2. The van der Waals surface area contributed by atoms with E-state index in [0.29, 0.717) is 18.5 Å². The number of likely N-dealkylation sites (N-methyl/N-ethyl adjacent to an activating group) is 1. The SMILES string of the molecule is CN1CCN(CCC(=O)OCc2ccccc2C(=O)O)CC1. The van der Waals surface area contributed by atoms with Crippen molar-refractivity contribution in [1.29, 1.82) is 0 Å². The summed E-state index contributed by atoms with van der Waals surface area (Å²) in [6.45, 7) is 4.65. The van der Waals surface area contributed by atoms with Crippen LogP contribution in [0, 0.1) is 0 Å². The maximum absolute atomic E-state index is 11.8. The summed E-state index contributed by atoms with van der Waals surface area (Å²) in [7, 11) is 2.09. The lowest BCUT2D eigenvalue weighted by Gasteiger charge is -2.31. The quantitative estimate of drug-likeness (QED) is 0.793. The fourth-order valence-electron chi connectivity index (χ4n) is 2.41. The number of carboxylic acids is 1. The van der Waals surface area contributed by atoms with E-state index in [0.717, 1.165) is 26.2 Å². The van der Waals surface area contributed by atoms with Crippen molar-refractivity contribution in [3.8, 4) is 0 Å². The first kappa shape index (κ1) is 16.5. The molecule has 1 aromatic carbocycles. The van der Waals surface area contributed by atoms with E-state index in [-0.39, 0.29) is 18.1 Å². The smallest absolute Gasteiger partial charge is 0.336 e. The Hall–Kier alpha value is -1.92. The number of carboxylic acid groups (broad SMARTS) is 1. The van der Waals surface area contributed by atoms with Crippen molar-refractivity contribution in [3.05, 3.63) is 35.4 Å². The summed E-state index contributed by atoms with van der Waals surface area (Å²) in [6, 6.07) is 6.56. The van der Waals surface area contributed by atoms with Gasteiger partial charge in [-0.15, -0.1) is 0 Å². The molecule has 6 heteroatoms. The number of esters is 1. The maximum atomic E-state index is 11.8. The molecule has 0 aromatic heterocycles. The minimum atomic E-state index is -1.01. The van der Waals surface area contributed by atoms with Gasteiger partial charge in [-0.2, -0.15) is 0 Å². The van der Waals surface area contributed by atoms with Crippen molar-refractivity contribution in [2.24, 2.45) is 0 Å². The Kier molecular flexibility index (Phi) is 5.91. The highest BCUT2D eigenvalue weighted by atomic mass is 16.5. The number of ether oxygens (including phenoxy) is 1. The number of aromatic carboxylic acids is 1. The molecule has 1 aliphatic heterocycles. The van der Waals surface area contributed by atoms with E-state index in [1.807, 2.05) is 0 Å². The molecule has 0 unspecified atom stereocenters. The van der Waals surface area contributed by atoms with Gasteiger partial charge in [0, 0.05) is 38.3 Å². The van der Waals surface area contributed by atoms with Crippen molar-refractivity contribution in [1.82, 2.24) is 9.80 Å². The van der Waals surface area contributed by atoms with Crippen molar-refractivity contribution < 1.29 is 19.4 Å². The molecule has 0 atom stereocenters. The number of carbonyl (C=O) groups excluding carboxylic acids is 1. The zero-order valence-electron chi connectivity index (χ0n) is 12.8. The summed E-state index contributed by atoms with van der Waals surface area (Å²) in [5, 5.41) is 9.07. The van der Waals surface area contributed by atoms with Crippen LogP contribution >= 0.6 is 0 Å². The van der Waals surface area contributed by atoms with Gasteiger partial charge in [-0.3, -0.25) is 4.79 Å². The molecule has 0 bridgehead atoms. The highest BCUT2D eigenvalue weighted by molar-refractivity contribution is 5.89. The molecule has 0 radical (unpaired) electrons. The molecule has 1 aromatic rings. The molecular weight excluding hydrogens is 284 g/mol. The van der Waals surface area contributed by atoms with Crippen molar-refractivity contribution in [2.75, 3.05) is 39.8 Å². The predicted molar refractivity (Wildman–Crippen MR) is 81.8 cm³/mol. The molecule has 1 fully saturated rings. The number of rotatable bonds is 6. The topological polar surface area (TPSA) is 70.1 Å². The van der Waals surface area contributed by atoms with Crippen LogP contribution in [0.15, 0.2) is 24.3 Å². The number of piperazine rings is 1. The van der Waals surface area contributed by atoms with Crippen LogP contribution in [0.25, 0.3) is 0 Å². The van der Waals surface area contributed by atoms with Crippen LogP contribution in [-0.2, 0) is 16.1 Å². The molecule has 0 spiro atoms. The lowest BCUT2D eigenvalue weighted by atomic mass is 10.1. The Morgan fingerprint density at radius 2 is 1.86 bits per heavy atom. The standard InChI is InChI=1S/C16H22N2O4/c1-17-8-10-18(11-9-17)7-6-15(19)22-12-13-4-2-3-5-14(13)16(20)21/h2-5H,6-12H2,1H3,(H,20,21). The molecule has 1 heterocycles. The maximum Gasteiger partial charge on any atom is 0.336 e. The van der Waals surface area contributed by atoms with Gasteiger partial charge in [0.05, 0.1) is 12.0 Å². The second-order valence-electron chi connectivity index (χ2n) is 5.52. The lowest BCUT2D eigenvalue weighted by Crippen LogP contribution is -2.45. The predicted octanol–water partition coefficient (Wildman–Crippen LogP) is 1.07. The summed E-state index contributed by atoms with van der Waals surface area (Å²) in [5.74, 6) is -1.30. The third-order valence-electron chi connectivity index (χ3n) is 3.86. The van der Waals surface area contributed by atoms with Gasteiger partial charge >= 0.3 is 11.9 Å². The van der Waals surface area contributed by atoms with Gasteiger partial charge < -0.3 is 19.6 Å². The van der Waals surface area contributed by atoms with E-state index in [1.165, 1.54) is 6.07 Å². The Bertz CT molecular complexity index is 525. The molecule has 1 saturated heterocycles. The fraction of sp³-hybridized carbons (Fsp3) is 0.500. The highest BCUT2D eigenvalue weighted by Gasteiger charge is 2.16. The monoisotopic (exact) mass is 306 g/mol. The van der Waals surface area contributed by atoms with Crippen LogP contribution < -0.4 is 0 Å². The highest BCUT2D eigenvalue weighted by Crippen LogP contribution is 2.11. The second-order valence-corrected chi connectivity index (χ2v) is 5.52. The van der Waals surface area contributed by atoms with Crippen molar-refractivity contribution in [2.45, 2.75) is 13.0 Å². The summed E-state index contributed by atoms with van der Waals surface area (Å²) in [6.07, 6.45) is 0.332. The van der Waals surface area contributed by atoms with E-state index < -0.39 is 5.97 Å². The zero-order valence-corrected chi connectivity index (χ0v) is 12.8. The minimum Gasteiger partial charge on any atom is -0.478 e. The van der Waals surface area contributed by atoms with Crippen LogP contribution in [0.4, 0.5) is 0 Å². The molecular formula is C16H22N2O4. The normalized spacial score (nSPS) is 16.4. The molecule has 6 nitrogen and oxygen atoms in total. The molecule has 120 valence electrons. The van der Waals surface area contributed by atoms with Gasteiger partial charge in [0.25, 0.3) is 0 Å².